The summed E-state index contributed by atoms with van der Waals surface area (Å²) in [5.41, 5.74) is 0.779. The Bertz CT molecular complexity index is 578. The van der Waals surface area contributed by atoms with Gasteiger partial charge in [-0.1, -0.05) is 30.3 Å². The van der Waals surface area contributed by atoms with Crippen molar-refractivity contribution in [2.75, 3.05) is 6.26 Å². The molecule has 4 nitrogen and oxygen atoms in total. The van der Waals surface area contributed by atoms with Crippen LogP contribution in [0.1, 0.15) is 5.56 Å². The molecule has 0 amide bonds. The molecule has 2 rings (SSSR count). The summed E-state index contributed by atoms with van der Waals surface area (Å²) in [6.45, 7) is 0. The molecular weight excluding hydrogens is 234 g/mol. The molecule has 0 aliphatic heterocycles. The van der Waals surface area contributed by atoms with Gasteiger partial charge in [0, 0.05) is 11.4 Å². The summed E-state index contributed by atoms with van der Waals surface area (Å²) < 4.78 is 0. The minimum atomic E-state index is -0.522. The predicted octanol–water partition coefficient (Wildman–Crippen LogP) is 1.81. The molecule has 0 fully saturated rings. The van der Waals surface area contributed by atoms with E-state index in [0.717, 1.165) is 5.56 Å². The van der Waals surface area contributed by atoms with Crippen LogP contribution in [0, 0.1) is 11.3 Å². The van der Waals surface area contributed by atoms with Gasteiger partial charge in [-0.15, -0.1) is 11.8 Å². The molecule has 0 spiro atoms. The summed E-state index contributed by atoms with van der Waals surface area (Å²) in [5.74, 6) is -0.162. The van der Waals surface area contributed by atoms with Gasteiger partial charge in [-0.25, -0.2) is 9.97 Å². The van der Waals surface area contributed by atoms with Gasteiger partial charge in [0.1, 0.15) is 11.1 Å². The van der Waals surface area contributed by atoms with Crippen LogP contribution in [-0.2, 0) is 0 Å². The third-order valence-electron chi connectivity index (χ3n) is 2.18. The zero-order valence-electron chi connectivity index (χ0n) is 9.04. The first-order valence-corrected chi connectivity index (χ1v) is 6.07. The molecule has 0 aliphatic carbocycles. The Morgan fingerprint density at radius 1 is 1.24 bits per heavy atom. The van der Waals surface area contributed by atoms with Crippen LogP contribution in [0.4, 0.5) is 0 Å². The van der Waals surface area contributed by atoms with Crippen molar-refractivity contribution in [2.45, 2.75) is 5.03 Å². The Morgan fingerprint density at radius 2 is 1.94 bits per heavy atom. The van der Waals surface area contributed by atoms with Gasteiger partial charge in [0.2, 0.25) is 0 Å². The van der Waals surface area contributed by atoms with E-state index < -0.39 is 5.88 Å². The average molecular weight is 242 g/mol. The smallest absolute Gasteiger partial charge is 0.159 e. The molecular formula is C12H8N3OS-. The third-order valence-corrected chi connectivity index (χ3v) is 2.86. The second-order valence-corrected chi connectivity index (χ2v) is 4.01. The van der Waals surface area contributed by atoms with E-state index in [1.165, 1.54) is 11.8 Å². The molecule has 0 unspecified atom stereocenters. The van der Waals surface area contributed by atoms with Gasteiger partial charge in [0.25, 0.3) is 0 Å². The number of hydrogen-bond donors (Lipinski definition) is 0. The SMILES string of the molecule is CSc1nc(-c2ccccc2)nc([O-])c1C#N. The first-order chi connectivity index (χ1) is 8.26. The van der Waals surface area contributed by atoms with E-state index in [-0.39, 0.29) is 5.56 Å². The lowest BCUT2D eigenvalue weighted by atomic mass is 10.2. The average Bonchev–Trinajstić information content (AvgIpc) is 2.38. The van der Waals surface area contributed by atoms with Crippen molar-refractivity contribution in [3.8, 4) is 23.3 Å². The summed E-state index contributed by atoms with van der Waals surface area (Å²) in [6, 6.07) is 11.1. The van der Waals surface area contributed by atoms with Gasteiger partial charge in [-0.2, -0.15) is 5.26 Å². The van der Waals surface area contributed by atoms with Crippen molar-refractivity contribution < 1.29 is 5.11 Å². The number of hydrogen-bond acceptors (Lipinski definition) is 5. The van der Waals surface area contributed by atoms with Crippen LogP contribution in [0.5, 0.6) is 5.88 Å². The largest absolute Gasteiger partial charge is 0.858 e. The Kier molecular flexibility index (Phi) is 3.26. The molecule has 0 N–H and O–H groups in total. The van der Waals surface area contributed by atoms with Crippen molar-refractivity contribution >= 4 is 11.8 Å². The molecule has 5 heteroatoms. The molecule has 84 valence electrons. The van der Waals surface area contributed by atoms with Crippen molar-refractivity contribution in [1.29, 1.82) is 5.26 Å². The lowest BCUT2D eigenvalue weighted by Gasteiger charge is -2.11. The Labute approximate surface area is 103 Å². The summed E-state index contributed by atoms with van der Waals surface area (Å²) in [5, 5.41) is 20.9. The molecule has 0 saturated carbocycles. The van der Waals surface area contributed by atoms with Crippen LogP contribution >= 0.6 is 11.8 Å². The predicted molar refractivity (Wildman–Crippen MR) is 63.4 cm³/mol. The van der Waals surface area contributed by atoms with E-state index in [1.807, 2.05) is 36.4 Å². The highest BCUT2D eigenvalue weighted by atomic mass is 32.2. The number of thioether (sulfide) groups is 1. The van der Waals surface area contributed by atoms with Crippen molar-refractivity contribution in [2.24, 2.45) is 0 Å². The second-order valence-electron chi connectivity index (χ2n) is 3.21. The molecule has 2 aromatic rings. The van der Waals surface area contributed by atoms with E-state index >= 15 is 0 Å². The number of rotatable bonds is 2. The molecule has 0 radical (unpaired) electrons. The lowest BCUT2D eigenvalue weighted by Crippen LogP contribution is -2.03. The molecule has 17 heavy (non-hydrogen) atoms. The molecule has 0 saturated heterocycles. The van der Waals surface area contributed by atoms with Crippen molar-refractivity contribution in [1.82, 2.24) is 9.97 Å². The molecule has 0 bridgehead atoms. The van der Waals surface area contributed by atoms with Gasteiger partial charge < -0.3 is 5.11 Å². The van der Waals surface area contributed by atoms with Crippen LogP contribution in [0.25, 0.3) is 11.4 Å². The second kappa shape index (κ2) is 4.85. The quantitative estimate of drug-likeness (QED) is 0.593. The highest BCUT2D eigenvalue weighted by Gasteiger charge is 2.09. The normalized spacial score (nSPS) is 9.88. The fourth-order valence-corrected chi connectivity index (χ4v) is 1.90. The summed E-state index contributed by atoms with van der Waals surface area (Å²) >= 11 is 1.27. The highest BCUT2D eigenvalue weighted by Crippen LogP contribution is 2.26. The molecule has 1 heterocycles. The molecule has 0 aliphatic rings. The van der Waals surface area contributed by atoms with Gasteiger partial charge in [-0.05, 0) is 6.26 Å². The lowest BCUT2D eigenvalue weighted by molar-refractivity contribution is -0.275. The van der Waals surface area contributed by atoms with E-state index in [4.69, 9.17) is 5.26 Å². The Hall–Kier alpha value is -2.06. The zero-order valence-corrected chi connectivity index (χ0v) is 9.86. The minimum absolute atomic E-state index is 0.0113. The van der Waals surface area contributed by atoms with Gasteiger partial charge in [0.05, 0.1) is 5.56 Å². The van der Waals surface area contributed by atoms with E-state index in [0.29, 0.717) is 10.9 Å². The highest BCUT2D eigenvalue weighted by molar-refractivity contribution is 7.98. The molecule has 1 aromatic carbocycles. The molecule has 1 aromatic heterocycles. The van der Waals surface area contributed by atoms with E-state index in [1.54, 1.807) is 6.26 Å². The van der Waals surface area contributed by atoms with Gasteiger partial charge in [-0.3, -0.25) is 0 Å². The van der Waals surface area contributed by atoms with Crippen LogP contribution < -0.4 is 5.11 Å². The Morgan fingerprint density at radius 3 is 2.53 bits per heavy atom. The van der Waals surface area contributed by atoms with Gasteiger partial charge in [0.15, 0.2) is 5.82 Å². The number of benzene rings is 1. The van der Waals surface area contributed by atoms with Crippen molar-refractivity contribution in [3.05, 3.63) is 35.9 Å². The molecule has 0 atom stereocenters. The summed E-state index contributed by atoms with van der Waals surface area (Å²) in [4.78, 5) is 8.04. The number of nitrogens with zero attached hydrogens (tertiary/aromatic N) is 3. The van der Waals surface area contributed by atoms with Crippen LogP contribution in [-0.4, -0.2) is 16.2 Å². The van der Waals surface area contributed by atoms with Gasteiger partial charge >= 0.3 is 0 Å². The van der Waals surface area contributed by atoms with E-state index in [2.05, 4.69) is 9.97 Å². The Balaban J connectivity index is 2.59. The minimum Gasteiger partial charge on any atom is -0.858 e. The maximum Gasteiger partial charge on any atom is 0.159 e. The maximum absolute atomic E-state index is 11.6. The first kappa shape index (κ1) is 11.4. The van der Waals surface area contributed by atoms with E-state index in [9.17, 15) is 5.11 Å². The maximum atomic E-state index is 11.6. The topological polar surface area (TPSA) is 72.6 Å². The van der Waals surface area contributed by atoms with Crippen LogP contribution in [0.3, 0.4) is 0 Å². The standard InChI is InChI=1S/C12H9N3OS/c1-17-12-9(7-13)11(16)14-10(15-12)8-5-3-2-4-6-8/h2-6H,1H3,(H,14,15,16)/p-1. The van der Waals surface area contributed by atoms with Crippen LogP contribution in [0.15, 0.2) is 35.4 Å². The summed E-state index contributed by atoms with van der Waals surface area (Å²) in [7, 11) is 0. The van der Waals surface area contributed by atoms with Crippen molar-refractivity contribution in [3.63, 3.8) is 0 Å². The number of nitriles is 1. The first-order valence-electron chi connectivity index (χ1n) is 4.85. The summed E-state index contributed by atoms with van der Waals surface area (Å²) in [6.07, 6.45) is 1.78. The fourth-order valence-electron chi connectivity index (χ4n) is 1.38. The van der Waals surface area contributed by atoms with Crippen LogP contribution in [0.2, 0.25) is 0 Å². The monoisotopic (exact) mass is 242 g/mol. The zero-order chi connectivity index (χ0) is 12.3. The number of aromatic nitrogens is 2. The fraction of sp³-hybridized carbons (Fsp3) is 0.0833. The third kappa shape index (κ3) is 2.22.